The van der Waals surface area contributed by atoms with E-state index in [4.69, 9.17) is 15.2 Å². The predicted molar refractivity (Wildman–Crippen MR) is 51.1 cm³/mol. The van der Waals surface area contributed by atoms with E-state index in [1.54, 1.807) is 0 Å². The average Bonchev–Trinajstić information content (AvgIpc) is 2.47. The normalized spacial score (nSPS) is 12.8. The molecule has 0 amide bonds. The van der Waals surface area contributed by atoms with E-state index in [0.717, 1.165) is 0 Å². The number of rotatable bonds is 5. The van der Waals surface area contributed by atoms with Gasteiger partial charge in [0.2, 0.25) is 5.88 Å². The highest BCUT2D eigenvalue weighted by Gasteiger charge is 2.12. The molecule has 14 heavy (non-hydrogen) atoms. The maximum atomic E-state index is 9.45. The predicted octanol–water partition coefficient (Wildman–Crippen LogP) is -0.519. The summed E-state index contributed by atoms with van der Waals surface area (Å²) in [5, 5.41) is 13.4. The molecule has 0 saturated heterocycles. The molecule has 0 aliphatic rings. The van der Waals surface area contributed by atoms with Gasteiger partial charge in [-0.15, -0.1) is 0 Å². The largest absolute Gasteiger partial charge is 0.480 e. The van der Waals surface area contributed by atoms with Crippen LogP contribution in [0.3, 0.4) is 0 Å². The van der Waals surface area contributed by atoms with Crippen LogP contribution in [0.1, 0.15) is 0 Å². The summed E-state index contributed by atoms with van der Waals surface area (Å²) in [6.07, 6.45) is 0.867. The van der Waals surface area contributed by atoms with Crippen molar-refractivity contribution in [3.63, 3.8) is 0 Å². The van der Waals surface area contributed by atoms with Gasteiger partial charge in [-0.2, -0.15) is 5.10 Å². The number of ether oxygens (including phenoxy) is 2. The number of aliphatic hydroxyl groups is 1. The van der Waals surface area contributed by atoms with Crippen LogP contribution in [-0.2, 0) is 11.3 Å². The van der Waals surface area contributed by atoms with E-state index in [0.29, 0.717) is 18.1 Å². The minimum atomic E-state index is -0.617. The zero-order valence-corrected chi connectivity index (χ0v) is 8.30. The summed E-state index contributed by atoms with van der Waals surface area (Å²) in [7, 11) is 3.03. The molecule has 1 unspecified atom stereocenters. The van der Waals surface area contributed by atoms with Crippen molar-refractivity contribution < 1.29 is 14.6 Å². The number of hydrogen-bond donors (Lipinski definition) is 2. The fourth-order valence-corrected chi connectivity index (χ4v) is 1.19. The molecular formula is C8H15N3O3. The quantitative estimate of drug-likeness (QED) is 0.670. The Morgan fingerprint density at radius 1 is 1.64 bits per heavy atom. The zero-order chi connectivity index (χ0) is 10.6. The lowest BCUT2D eigenvalue weighted by Gasteiger charge is -2.11. The molecule has 6 heteroatoms. The minimum Gasteiger partial charge on any atom is -0.480 e. The fourth-order valence-electron chi connectivity index (χ4n) is 1.19. The van der Waals surface area contributed by atoms with Crippen molar-refractivity contribution in [2.24, 2.45) is 0 Å². The molecule has 0 aliphatic heterocycles. The van der Waals surface area contributed by atoms with Crippen molar-refractivity contribution in [3.8, 4) is 5.88 Å². The zero-order valence-electron chi connectivity index (χ0n) is 8.30. The van der Waals surface area contributed by atoms with E-state index in [-0.39, 0.29) is 6.61 Å². The molecule has 80 valence electrons. The first-order chi connectivity index (χ1) is 6.69. The first-order valence-electron chi connectivity index (χ1n) is 4.21. The van der Waals surface area contributed by atoms with Gasteiger partial charge in [0.05, 0.1) is 32.6 Å². The molecule has 0 aliphatic carbocycles. The molecule has 0 saturated carbocycles. The highest BCUT2D eigenvalue weighted by molar-refractivity contribution is 5.46. The van der Waals surface area contributed by atoms with E-state index < -0.39 is 6.10 Å². The summed E-state index contributed by atoms with van der Waals surface area (Å²) in [5.74, 6) is 0.458. The lowest BCUT2D eigenvalue weighted by Crippen LogP contribution is -2.22. The van der Waals surface area contributed by atoms with Gasteiger partial charge in [0.25, 0.3) is 0 Å². The molecule has 0 bridgehead atoms. The number of nitrogens with two attached hydrogens (primary N) is 1. The number of anilines is 1. The van der Waals surface area contributed by atoms with Crippen LogP contribution in [-0.4, -0.2) is 41.8 Å². The lowest BCUT2D eigenvalue weighted by atomic mass is 10.4. The summed E-state index contributed by atoms with van der Waals surface area (Å²) in [6.45, 7) is 0.553. The molecule has 3 N–H and O–H groups in total. The van der Waals surface area contributed by atoms with Crippen LogP contribution in [0.4, 0.5) is 5.69 Å². The average molecular weight is 201 g/mol. The van der Waals surface area contributed by atoms with Gasteiger partial charge in [-0.3, -0.25) is 0 Å². The smallest absolute Gasteiger partial charge is 0.235 e. The Morgan fingerprint density at radius 3 is 2.93 bits per heavy atom. The van der Waals surface area contributed by atoms with Gasteiger partial charge in [0.15, 0.2) is 0 Å². The van der Waals surface area contributed by atoms with Crippen LogP contribution in [0.25, 0.3) is 0 Å². The van der Waals surface area contributed by atoms with Crippen molar-refractivity contribution in [3.05, 3.63) is 6.20 Å². The van der Waals surface area contributed by atoms with Gasteiger partial charge in [-0.1, -0.05) is 0 Å². The van der Waals surface area contributed by atoms with Crippen molar-refractivity contribution in [1.82, 2.24) is 9.78 Å². The molecule has 0 aromatic carbocycles. The summed E-state index contributed by atoms with van der Waals surface area (Å²) >= 11 is 0. The van der Waals surface area contributed by atoms with Crippen LogP contribution in [0, 0.1) is 0 Å². The molecule has 1 heterocycles. The summed E-state index contributed by atoms with van der Waals surface area (Å²) in [6, 6.07) is 0. The Bertz CT molecular complexity index is 287. The van der Waals surface area contributed by atoms with Crippen LogP contribution < -0.4 is 10.5 Å². The van der Waals surface area contributed by atoms with E-state index in [1.165, 1.54) is 25.1 Å². The van der Waals surface area contributed by atoms with Crippen LogP contribution in [0.5, 0.6) is 5.88 Å². The Balaban J connectivity index is 2.66. The second kappa shape index (κ2) is 4.83. The number of aromatic nitrogens is 2. The Kier molecular flexibility index (Phi) is 3.73. The third-order valence-corrected chi connectivity index (χ3v) is 1.75. The van der Waals surface area contributed by atoms with Crippen molar-refractivity contribution in [2.75, 3.05) is 26.6 Å². The van der Waals surface area contributed by atoms with Gasteiger partial charge in [0.1, 0.15) is 5.69 Å². The highest BCUT2D eigenvalue weighted by Crippen LogP contribution is 2.19. The maximum absolute atomic E-state index is 9.45. The van der Waals surface area contributed by atoms with Crippen molar-refractivity contribution in [2.45, 2.75) is 12.6 Å². The fraction of sp³-hybridized carbons (Fsp3) is 0.625. The number of nitrogens with zero attached hydrogens (tertiary/aromatic N) is 2. The molecule has 1 atom stereocenters. The second-order valence-corrected chi connectivity index (χ2v) is 2.90. The summed E-state index contributed by atoms with van der Waals surface area (Å²) in [5.41, 5.74) is 6.04. The number of hydrogen-bond acceptors (Lipinski definition) is 5. The third-order valence-electron chi connectivity index (χ3n) is 1.75. The van der Waals surface area contributed by atoms with Gasteiger partial charge in [0, 0.05) is 7.11 Å². The van der Waals surface area contributed by atoms with E-state index in [1.807, 2.05) is 0 Å². The highest BCUT2D eigenvalue weighted by atomic mass is 16.5. The lowest BCUT2D eigenvalue weighted by molar-refractivity contribution is 0.0498. The molecule has 0 spiro atoms. The van der Waals surface area contributed by atoms with Gasteiger partial charge < -0.3 is 20.3 Å². The summed E-state index contributed by atoms with van der Waals surface area (Å²) in [4.78, 5) is 0. The molecule has 0 fully saturated rings. The minimum absolute atomic E-state index is 0.253. The van der Waals surface area contributed by atoms with Crippen LogP contribution >= 0.6 is 0 Å². The molecule has 0 radical (unpaired) electrons. The summed E-state index contributed by atoms with van der Waals surface area (Å²) < 4.78 is 11.3. The first-order valence-corrected chi connectivity index (χ1v) is 4.21. The monoisotopic (exact) mass is 201 g/mol. The standard InChI is InChI=1S/C8H15N3O3/c1-13-5-6(12)4-11-8(14-2)7(9)3-10-11/h3,6,12H,4-5,9H2,1-2H3. The molecule has 1 aromatic heterocycles. The van der Waals surface area contributed by atoms with E-state index in [2.05, 4.69) is 5.10 Å². The van der Waals surface area contributed by atoms with Crippen LogP contribution in [0.15, 0.2) is 6.20 Å². The second-order valence-electron chi connectivity index (χ2n) is 2.90. The van der Waals surface area contributed by atoms with Gasteiger partial charge in [-0.25, -0.2) is 4.68 Å². The number of nitrogen functional groups attached to an aromatic ring is 1. The number of aliphatic hydroxyl groups excluding tert-OH is 1. The van der Waals surface area contributed by atoms with E-state index >= 15 is 0 Å². The Hall–Kier alpha value is -1.27. The maximum Gasteiger partial charge on any atom is 0.235 e. The van der Waals surface area contributed by atoms with Crippen LogP contribution in [0.2, 0.25) is 0 Å². The third kappa shape index (κ3) is 2.36. The molecule has 6 nitrogen and oxygen atoms in total. The molecular weight excluding hydrogens is 186 g/mol. The van der Waals surface area contributed by atoms with Crippen molar-refractivity contribution in [1.29, 1.82) is 0 Å². The number of methoxy groups -OCH3 is 2. The van der Waals surface area contributed by atoms with Gasteiger partial charge >= 0.3 is 0 Å². The van der Waals surface area contributed by atoms with Crippen molar-refractivity contribution >= 4 is 5.69 Å². The van der Waals surface area contributed by atoms with Gasteiger partial charge in [-0.05, 0) is 0 Å². The van der Waals surface area contributed by atoms with E-state index in [9.17, 15) is 5.11 Å². The topological polar surface area (TPSA) is 82.5 Å². The first kappa shape index (κ1) is 10.8. The Labute approximate surface area is 82.2 Å². The SMILES string of the molecule is COCC(O)Cn1ncc(N)c1OC. The molecule has 1 rings (SSSR count). The Morgan fingerprint density at radius 2 is 2.36 bits per heavy atom. The molecule has 1 aromatic rings.